The van der Waals surface area contributed by atoms with E-state index in [1.165, 1.54) is 12.6 Å². The lowest BCUT2D eigenvalue weighted by atomic mass is 10.2. The van der Waals surface area contributed by atoms with Gasteiger partial charge in [0.25, 0.3) is 0 Å². The number of amides is 1. The molecule has 2 N–H and O–H groups in total. The van der Waals surface area contributed by atoms with Crippen molar-refractivity contribution in [2.75, 3.05) is 25.5 Å². The molecule has 0 saturated heterocycles. The number of rotatable bonds is 4. The number of anilines is 1. The summed E-state index contributed by atoms with van der Waals surface area (Å²) in [5.74, 6) is 0. The maximum Gasteiger partial charge on any atom is 0.406 e. The molecule has 1 aromatic rings. The lowest BCUT2D eigenvalue weighted by molar-refractivity contribution is 0.153. The minimum Gasteiger partial charge on any atom is -0.448 e. The lowest BCUT2D eigenvalue weighted by Crippen LogP contribution is -2.22. The van der Waals surface area contributed by atoms with Crippen LogP contribution in [0, 0.1) is 6.92 Å². The predicted octanol–water partition coefficient (Wildman–Crippen LogP) is 1.76. The van der Waals surface area contributed by atoms with Crippen LogP contribution in [-0.4, -0.2) is 26.3 Å². The summed E-state index contributed by atoms with van der Waals surface area (Å²) >= 11 is 0. The van der Waals surface area contributed by atoms with Crippen molar-refractivity contribution in [1.82, 2.24) is 5.32 Å². The molecule has 4 nitrogen and oxygen atoms in total. The molecule has 82 valence electrons. The summed E-state index contributed by atoms with van der Waals surface area (Å²) in [6.45, 7) is 3.00. The SMILES string of the molecule is CNC(=O)OCCNc1ccc(C)cc1. The molecule has 1 aromatic carbocycles. The molecule has 0 fully saturated rings. The van der Waals surface area contributed by atoms with Gasteiger partial charge >= 0.3 is 6.09 Å². The summed E-state index contributed by atoms with van der Waals surface area (Å²) < 4.78 is 4.82. The Bertz CT molecular complexity index is 309. The smallest absolute Gasteiger partial charge is 0.406 e. The molecule has 0 bridgehead atoms. The Labute approximate surface area is 89.6 Å². The summed E-state index contributed by atoms with van der Waals surface area (Å²) in [5.41, 5.74) is 2.25. The van der Waals surface area contributed by atoms with Crippen LogP contribution in [0.25, 0.3) is 0 Å². The Balaban J connectivity index is 2.20. The van der Waals surface area contributed by atoms with Gasteiger partial charge in [-0.15, -0.1) is 0 Å². The molecule has 0 aromatic heterocycles. The molecule has 0 unspecified atom stereocenters. The maximum absolute atomic E-state index is 10.7. The van der Waals surface area contributed by atoms with Crippen LogP contribution in [0.5, 0.6) is 0 Å². The number of carbonyl (C=O) groups excluding carboxylic acids is 1. The van der Waals surface area contributed by atoms with Crippen LogP contribution in [-0.2, 0) is 4.74 Å². The van der Waals surface area contributed by atoms with Gasteiger partial charge < -0.3 is 15.4 Å². The van der Waals surface area contributed by atoms with Gasteiger partial charge in [0.2, 0.25) is 0 Å². The lowest BCUT2D eigenvalue weighted by Gasteiger charge is -2.07. The van der Waals surface area contributed by atoms with Crippen molar-refractivity contribution in [1.29, 1.82) is 0 Å². The monoisotopic (exact) mass is 208 g/mol. The third-order valence-electron chi connectivity index (χ3n) is 1.92. The van der Waals surface area contributed by atoms with E-state index in [0.717, 1.165) is 5.69 Å². The van der Waals surface area contributed by atoms with Gasteiger partial charge in [-0.2, -0.15) is 0 Å². The van der Waals surface area contributed by atoms with Crippen LogP contribution in [0.2, 0.25) is 0 Å². The third-order valence-corrected chi connectivity index (χ3v) is 1.92. The highest BCUT2D eigenvalue weighted by Crippen LogP contribution is 2.07. The Morgan fingerprint density at radius 3 is 2.60 bits per heavy atom. The molecule has 15 heavy (non-hydrogen) atoms. The number of carbonyl (C=O) groups is 1. The van der Waals surface area contributed by atoms with E-state index in [1.54, 1.807) is 0 Å². The zero-order valence-corrected chi connectivity index (χ0v) is 9.04. The van der Waals surface area contributed by atoms with Crippen molar-refractivity contribution >= 4 is 11.8 Å². The van der Waals surface area contributed by atoms with Gasteiger partial charge in [-0.05, 0) is 19.1 Å². The average molecular weight is 208 g/mol. The van der Waals surface area contributed by atoms with Crippen molar-refractivity contribution in [3.8, 4) is 0 Å². The van der Waals surface area contributed by atoms with Crippen LogP contribution in [0.15, 0.2) is 24.3 Å². The summed E-state index contributed by atoms with van der Waals surface area (Å²) in [6, 6.07) is 8.05. The minimum atomic E-state index is -0.402. The van der Waals surface area contributed by atoms with Crippen LogP contribution in [0.1, 0.15) is 5.56 Å². The minimum absolute atomic E-state index is 0.355. The van der Waals surface area contributed by atoms with Crippen molar-refractivity contribution in [3.63, 3.8) is 0 Å². The van der Waals surface area contributed by atoms with Crippen molar-refractivity contribution in [3.05, 3.63) is 29.8 Å². The van der Waals surface area contributed by atoms with Gasteiger partial charge in [0.05, 0.1) is 0 Å². The average Bonchev–Trinajstić information content (AvgIpc) is 2.26. The van der Waals surface area contributed by atoms with E-state index < -0.39 is 6.09 Å². The largest absolute Gasteiger partial charge is 0.448 e. The van der Waals surface area contributed by atoms with Crippen LogP contribution >= 0.6 is 0 Å². The van der Waals surface area contributed by atoms with Crippen molar-refractivity contribution in [2.45, 2.75) is 6.92 Å². The highest BCUT2D eigenvalue weighted by atomic mass is 16.5. The molecule has 0 aliphatic rings. The molecule has 0 heterocycles. The second-order valence-corrected chi connectivity index (χ2v) is 3.18. The maximum atomic E-state index is 10.7. The molecular weight excluding hydrogens is 192 g/mol. The molecular formula is C11H16N2O2. The third kappa shape index (κ3) is 4.35. The van der Waals surface area contributed by atoms with Crippen molar-refractivity contribution < 1.29 is 9.53 Å². The molecule has 4 heteroatoms. The van der Waals surface area contributed by atoms with Crippen molar-refractivity contribution in [2.24, 2.45) is 0 Å². The zero-order valence-electron chi connectivity index (χ0n) is 9.04. The van der Waals surface area contributed by atoms with Gasteiger partial charge in [-0.25, -0.2) is 4.79 Å². The van der Waals surface area contributed by atoms with Gasteiger partial charge in [0.15, 0.2) is 0 Å². The quantitative estimate of drug-likeness (QED) is 0.741. The van der Waals surface area contributed by atoms with E-state index in [1.807, 2.05) is 31.2 Å². The fraction of sp³-hybridized carbons (Fsp3) is 0.364. The summed E-state index contributed by atoms with van der Waals surface area (Å²) in [6.07, 6.45) is -0.402. The highest BCUT2D eigenvalue weighted by Gasteiger charge is 1.96. The Kier molecular flexibility index (Phi) is 4.47. The topological polar surface area (TPSA) is 50.4 Å². The second kappa shape index (κ2) is 5.90. The van der Waals surface area contributed by atoms with Gasteiger partial charge in [0.1, 0.15) is 6.61 Å². The first-order valence-corrected chi connectivity index (χ1v) is 4.87. The predicted molar refractivity (Wildman–Crippen MR) is 60.1 cm³/mol. The number of hydrogen-bond donors (Lipinski definition) is 2. The van der Waals surface area contributed by atoms with Gasteiger partial charge in [-0.1, -0.05) is 17.7 Å². The fourth-order valence-electron chi connectivity index (χ4n) is 1.08. The Hall–Kier alpha value is -1.71. The van der Waals surface area contributed by atoms with E-state index in [-0.39, 0.29) is 0 Å². The molecule has 0 atom stereocenters. The molecule has 0 aliphatic carbocycles. The first-order valence-electron chi connectivity index (χ1n) is 4.87. The van der Waals surface area contributed by atoms with Gasteiger partial charge in [0, 0.05) is 19.3 Å². The molecule has 0 aliphatic heterocycles. The Morgan fingerprint density at radius 2 is 2.00 bits per heavy atom. The number of ether oxygens (including phenoxy) is 1. The van der Waals surface area contributed by atoms with Crippen LogP contribution in [0.3, 0.4) is 0 Å². The first-order chi connectivity index (χ1) is 7.22. The molecule has 0 saturated carbocycles. The van der Waals surface area contributed by atoms with Crippen LogP contribution in [0.4, 0.5) is 10.5 Å². The number of aryl methyl sites for hydroxylation is 1. The van der Waals surface area contributed by atoms with E-state index in [0.29, 0.717) is 13.2 Å². The zero-order chi connectivity index (χ0) is 11.1. The number of hydrogen-bond acceptors (Lipinski definition) is 3. The number of alkyl carbamates (subject to hydrolysis) is 1. The standard InChI is InChI=1S/C11H16N2O2/c1-9-3-5-10(6-4-9)13-7-8-15-11(14)12-2/h3-6,13H,7-8H2,1-2H3,(H,12,14). The Morgan fingerprint density at radius 1 is 1.33 bits per heavy atom. The molecule has 0 radical (unpaired) electrons. The summed E-state index contributed by atoms with van der Waals surface area (Å²) in [5, 5.41) is 5.53. The molecule has 1 amide bonds. The van der Waals surface area contributed by atoms with E-state index in [2.05, 4.69) is 10.6 Å². The number of nitrogens with one attached hydrogen (secondary N) is 2. The summed E-state index contributed by atoms with van der Waals surface area (Å²) in [4.78, 5) is 10.7. The fourth-order valence-corrected chi connectivity index (χ4v) is 1.08. The van der Waals surface area contributed by atoms with E-state index >= 15 is 0 Å². The number of benzene rings is 1. The second-order valence-electron chi connectivity index (χ2n) is 3.18. The highest BCUT2D eigenvalue weighted by molar-refractivity contribution is 5.66. The van der Waals surface area contributed by atoms with Crippen LogP contribution < -0.4 is 10.6 Å². The van der Waals surface area contributed by atoms with E-state index in [4.69, 9.17) is 4.74 Å². The normalized spacial score (nSPS) is 9.47. The molecule has 0 spiro atoms. The first kappa shape index (κ1) is 11.4. The summed E-state index contributed by atoms with van der Waals surface area (Å²) in [7, 11) is 1.54. The van der Waals surface area contributed by atoms with E-state index in [9.17, 15) is 4.79 Å². The molecule has 1 rings (SSSR count). The van der Waals surface area contributed by atoms with Gasteiger partial charge in [-0.3, -0.25) is 0 Å².